The van der Waals surface area contributed by atoms with Crippen molar-refractivity contribution in [1.29, 1.82) is 0 Å². The Morgan fingerprint density at radius 2 is 1.68 bits per heavy atom. The number of piperazine rings is 1. The molecule has 1 spiro atoms. The number of methoxy groups -OCH3 is 1. The predicted octanol–water partition coefficient (Wildman–Crippen LogP) is 8.34. The second kappa shape index (κ2) is 22.0. The summed E-state index contributed by atoms with van der Waals surface area (Å²) < 4.78 is 50.1. The van der Waals surface area contributed by atoms with E-state index in [1.807, 2.05) is 34.9 Å². The van der Waals surface area contributed by atoms with Gasteiger partial charge < -0.3 is 38.9 Å². The van der Waals surface area contributed by atoms with Gasteiger partial charge in [0.2, 0.25) is 5.91 Å². The summed E-state index contributed by atoms with van der Waals surface area (Å²) in [5, 5.41) is 14.8. The van der Waals surface area contributed by atoms with Gasteiger partial charge in [-0.25, -0.2) is 13.6 Å². The third-order valence-corrected chi connectivity index (χ3v) is 17.7. The van der Waals surface area contributed by atoms with Crippen molar-refractivity contribution >= 4 is 51.0 Å². The van der Waals surface area contributed by atoms with Crippen LogP contribution < -0.4 is 24.6 Å². The summed E-state index contributed by atoms with van der Waals surface area (Å²) in [7, 11) is 1.49. The second-order valence-corrected chi connectivity index (χ2v) is 23.3. The van der Waals surface area contributed by atoms with Gasteiger partial charge in [0, 0.05) is 119 Å². The van der Waals surface area contributed by atoms with Crippen LogP contribution in [0.5, 0.6) is 11.8 Å². The molecule has 2 aliphatic carbocycles. The number of imide groups is 1. The Balaban J connectivity index is 0.707. The number of carbonyl (C=O) groups excluding carboxylic acids is 3. The van der Waals surface area contributed by atoms with Gasteiger partial charge in [-0.3, -0.25) is 24.8 Å². The zero-order valence-corrected chi connectivity index (χ0v) is 45.2. The van der Waals surface area contributed by atoms with Crippen LogP contribution in [0.15, 0.2) is 48.7 Å². The molecule has 0 radical (unpaired) electrons. The predicted molar refractivity (Wildman–Crippen MR) is 294 cm³/mol. The number of piperidine rings is 2. The highest BCUT2D eigenvalue weighted by molar-refractivity contribution is 6.07. The minimum atomic E-state index is -0.984. The maximum atomic E-state index is 17.4. The van der Waals surface area contributed by atoms with Gasteiger partial charge in [0.15, 0.2) is 12.6 Å². The smallest absolute Gasteiger partial charge is 0.328 e. The monoisotopic (exact) mass is 1070 g/mol. The number of anilines is 2. The van der Waals surface area contributed by atoms with Crippen molar-refractivity contribution in [2.75, 3.05) is 102 Å². The zero-order valence-electron chi connectivity index (χ0n) is 45.2. The number of halogens is 2. The van der Waals surface area contributed by atoms with Crippen LogP contribution in [0.3, 0.4) is 0 Å². The highest BCUT2D eigenvalue weighted by Crippen LogP contribution is 2.49. The van der Waals surface area contributed by atoms with Crippen LogP contribution in [0, 0.1) is 40.7 Å². The van der Waals surface area contributed by atoms with Crippen LogP contribution in [0.1, 0.15) is 106 Å². The Labute approximate surface area is 454 Å². The van der Waals surface area contributed by atoms with Crippen LogP contribution in [0.25, 0.3) is 32.9 Å². The summed E-state index contributed by atoms with van der Waals surface area (Å²) in [6, 6.07) is 11.4. The van der Waals surface area contributed by atoms with Crippen molar-refractivity contribution in [1.82, 2.24) is 35.0 Å². The van der Waals surface area contributed by atoms with Crippen molar-refractivity contribution in [2.45, 2.75) is 96.5 Å². The molecule has 4 saturated heterocycles. The van der Waals surface area contributed by atoms with E-state index in [9.17, 15) is 19.5 Å². The van der Waals surface area contributed by atoms with Gasteiger partial charge >= 0.3 is 12.0 Å². The summed E-state index contributed by atoms with van der Waals surface area (Å²) in [6.45, 7) is 12.7. The fourth-order valence-corrected chi connectivity index (χ4v) is 13.0. The summed E-state index contributed by atoms with van der Waals surface area (Å²) in [5.74, 6) is 2.25. The van der Waals surface area contributed by atoms with E-state index in [4.69, 9.17) is 30.6 Å². The Bertz CT molecular complexity index is 3150. The number of aliphatic hydroxyl groups is 1. The molecule has 6 fully saturated rings. The SMILES string of the molecule is C#Cc1c(F)ccc2cc(OCOC)cc(-c3ncc4c(N5CCC[C@@](C)(O)C5)nc(OCC5(CN6CCN(CC7CCC8(CC7)CCN(C(=O)c7ccc(CC)c(N9CCC(=O)NC9=O)c7)CC8)CC6)CC5)nc4c3F)c12. The first-order valence-electron chi connectivity index (χ1n) is 28.0. The molecule has 2 N–H and O–H groups in total. The van der Waals surface area contributed by atoms with Crippen LogP contribution in [0.4, 0.5) is 25.1 Å². The number of ether oxygens (including phenoxy) is 3. The van der Waals surface area contributed by atoms with Gasteiger partial charge in [0.1, 0.15) is 28.6 Å². The topological polar surface area (TPSA) is 166 Å². The molecule has 18 heteroatoms. The molecule has 11 rings (SSSR count). The van der Waals surface area contributed by atoms with E-state index in [0.29, 0.717) is 83.9 Å². The number of nitrogens with zero attached hydrogens (tertiary/aromatic N) is 8. The van der Waals surface area contributed by atoms with Crippen LogP contribution in [-0.4, -0.2) is 151 Å². The molecule has 0 unspecified atom stereocenters. The third-order valence-electron chi connectivity index (χ3n) is 17.7. The molecule has 4 amide bonds. The Hall–Kier alpha value is -6.52. The van der Waals surface area contributed by atoms with Crippen molar-refractivity contribution in [2.24, 2.45) is 16.7 Å². The highest BCUT2D eigenvalue weighted by atomic mass is 19.1. The lowest BCUT2D eigenvalue weighted by Gasteiger charge is -2.47. The van der Waals surface area contributed by atoms with Gasteiger partial charge in [-0.1, -0.05) is 25.0 Å². The number of urea groups is 1. The third kappa shape index (κ3) is 11.1. The average molecular weight is 1070 g/mol. The molecular weight excluding hydrogens is 997 g/mol. The summed E-state index contributed by atoms with van der Waals surface area (Å²) in [6.07, 6.45) is 18.5. The van der Waals surface area contributed by atoms with E-state index in [-0.39, 0.29) is 70.8 Å². The van der Waals surface area contributed by atoms with Gasteiger partial charge in [-0.2, -0.15) is 9.97 Å². The van der Waals surface area contributed by atoms with Crippen molar-refractivity contribution in [3.63, 3.8) is 0 Å². The molecule has 6 heterocycles. The molecule has 6 aliphatic rings. The Morgan fingerprint density at radius 3 is 2.38 bits per heavy atom. The number of β-amino-alcohol motifs (C(OH)–C–C–N with tert-alkyl or cyclic N) is 1. The van der Waals surface area contributed by atoms with Crippen molar-refractivity contribution in [3.05, 3.63) is 77.0 Å². The molecule has 78 heavy (non-hydrogen) atoms. The fourth-order valence-electron chi connectivity index (χ4n) is 13.0. The minimum absolute atomic E-state index is 0.00104. The molecule has 2 saturated carbocycles. The lowest BCUT2D eigenvalue weighted by molar-refractivity contribution is -0.120. The van der Waals surface area contributed by atoms with E-state index in [1.165, 1.54) is 45.1 Å². The second-order valence-electron chi connectivity index (χ2n) is 23.3. The summed E-state index contributed by atoms with van der Waals surface area (Å²) in [4.78, 5) is 63.3. The van der Waals surface area contributed by atoms with E-state index < -0.39 is 23.3 Å². The minimum Gasteiger partial charge on any atom is -0.468 e. The van der Waals surface area contributed by atoms with Gasteiger partial charge in [-0.15, -0.1) is 6.42 Å². The molecule has 16 nitrogen and oxygen atoms in total. The maximum Gasteiger partial charge on any atom is 0.328 e. The molecule has 2 aromatic heterocycles. The molecular formula is C60H71F2N9O7. The number of nitrogens with one attached hydrogen (secondary N) is 1. The summed E-state index contributed by atoms with van der Waals surface area (Å²) in [5.41, 5.74) is 1.58. The first kappa shape index (κ1) is 53.5. The first-order chi connectivity index (χ1) is 37.6. The Kier molecular flexibility index (Phi) is 15.1. The zero-order chi connectivity index (χ0) is 54.3. The number of terminal acetylenes is 1. The summed E-state index contributed by atoms with van der Waals surface area (Å²) >= 11 is 0. The normalized spacial score (nSPS) is 22.0. The standard InChI is InChI=1S/C60H71F2N9O7/c1-5-40-8-9-42(31-48(40)71-23-14-49(72)64-57(71)74)55(73)69-24-20-59(21-25-69)16-12-39(13-17-59)34-67-26-28-68(29-27-67)36-60(18-19-60)37-77-56-65-53-46(54(66-56)70-22-7-15-58(3,75)35-70)33-63-52(51(53)62)45-32-43(78-38-76-4)30-41-10-11-47(61)44(6-2)50(41)45/h2,8-11,30-33,39,75H,5,7,12-29,34-38H2,1,3-4H3,(H,64,72,74)/t58-/m1/s1. The number of carbonyl (C=O) groups is 3. The molecule has 1 atom stereocenters. The highest BCUT2D eigenvalue weighted by Gasteiger charge is 2.46. The number of hydrogen-bond donors (Lipinski definition) is 2. The number of aromatic nitrogens is 3. The molecule has 3 aromatic carbocycles. The molecule has 4 aliphatic heterocycles. The largest absolute Gasteiger partial charge is 0.468 e. The number of benzene rings is 3. The van der Waals surface area contributed by atoms with Crippen LogP contribution in [0.2, 0.25) is 0 Å². The van der Waals surface area contributed by atoms with Crippen LogP contribution in [-0.2, 0) is 16.0 Å². The quantitative estimate of drug-likeness (QED) is 0.0760. The van der Waals surface area contributed by atoms with Gasteiger partial charge in [-0.05, 0) is 130 Å². The van der Waals surface area contributed by atoms with E-state index >= 15 is 8.78 Å². The number of amides is 4. The number of fused-ring (bicyclic) bond motifs is 2. The van der Waals surface area contributed by atoms with Gasteiger partial charge in [0.05, 0.1) is 23.2 Å². The molecule has 0 bridgehead atoms. The fraction of sp³-hybridized carbons (Fsp3) is 0.533. The number of likely N-dealkylation sites (tertiary alicyclic amines) is 1. The molecule has 412 valence electrons. The number of pyridine rings is 1. The number of hydrogen-bond acceptors (Lipinski definition) is 13. The number of rotatable bonds is 15. The van der Waals surface area contributed by atoms with Crippen LogP contribution >= 0.6 is 0 Å². The van der Waals surface area contributed by atoms with E-state index in [2.05, 4.69) is 26.0 Å². The first-order valence-corrected chi connectivity index (χ1v) is 28.0. The molecule has 5 aromatic rings. The Morgan fingerprint density at radius 1 is 0.910 bits per heavy atom. The number of aryl methyl sites for hydroxylation is 1. The average Bonchev–Trinajstić information content (AvgIpc) is 4.21. The lowest BCUT2D eigenvalue weighted by Crippen LogP contribution is -2.50. The van der Waals surface area contributed by atoms with Crippen molar-refractivity contribution in [3.8, 4) is 35.4 Å². The maximum absolute atomic E-state index is 17.4. The lowest BCUT2D eigenvalue weighted by atomic mass is 9.65. The van der Waals surface area contributed by atoms with E-state index in [1.54, 1.807) is 30.0 Å². The van der Waals surface area contributed by atoms with E-state index in [0.717, 1.165) is 83.6 Å². The van der Waals surface area contributed by atoms with Gasteiger partial charge in [0.25, 0.3) is 5.91 Å². The van der Waals surface area contributed by atoms with Crippen molar-refractivity contribution < 1.29 is 42.5 Å².